The number of carbonyl (C=O) groups excluding carboxylic acids is 1. The Kier molecular flexibility index (Phi) is 6.56. The fourth-order valence-corrected chi connectivity index (χ4v) is 4.25. The van der Waals surface area contributed by atoms with Gasteiger partial charge in [0.15, 0.2) is 5.65 Å². The molecule has 2 N–H and O–H groups in total. The summed E-state index contributed by atoms with van der Waals surface area (Å²) in [5, 5.41) is 12.5. The van der Waals surface area contributed by atoms with E-state index < -0.39 is 0 Å². The molecule has 1 amide bonds. The van der Waals surface area contributed by atoms with Crippen molar-refractivity contribution in [3.05, 3.63) is 107 Å². The Morgan fingerprint density at radius 1 is 1.03 bits per heavy atom. The highest BCUT2D eigenvalue weighted by atomic mass is 35.5. The molecule has 8 heteroatoms. The van der Waals surface area contributed by atoms with E-state index in [4.69, 9.17) is 21.4 Å². The van der Waals surface area contributed by atoms with Crippen LogP contribution < -0.4 is 15.4 Å². The average molecular weight is 498 g/mol. The number of ether oxygens (including phenoxy) is 1. The minimum Gasteiger partial charge on any atom is -0.497 e. The van der Waals surface area contributed by atoms with Crippen LogP contribution in [-0.4, -0.2) is 27.8 Å². The van der Waals surface area contributed by atoms with E-state index in [1.54, 1.807) is 42.3 Å². The molecule has 7 nitrogen and oxygen atoms in total. The number of aromatic nitrogens is 3. The second-order valence-electron chi connectivity index (χ2n) is 8.24. The van der Waals surface area contributed by atoms with Crippen LogP contribution in [0, 0.1) is 6.92 Å². The van der Waals surface area contributed by atoms with Crippen molar-refractivity contribution in [1.29, 1.82) is 0 Å². The Morgan fingerprint density at radius 2 is 1.81 bits per heavy atom. The van der Waals surface area contributed by atoms with Gasteiger partial charge in [0.2, 0.25) is 0 Å². The topological polar surface area (TPSA) is 81.1 Å². The predicted octanol–water partition coefficient (Wildman–Crippen LogP) is 6.26. The Labute approximate surface area is 213 Å². The molecule has 0 spiro atoms. The number of hydrogen-bond acceptors (Lipinski definition) is 5. The van der Waals surface area contributed by atoms with E-state index >= 15 is 0 Å². The summed E-state index contributed by atoms with van der Waals surface area (Å²) in [6, 6.07) is 24.6. The maximum atomic E-state index is 13.4. The molecule has 36 heavy (non-hydrogen) atoms. The highest BCUT2D eigenvalue weighted by Gasteiger charge is 2.21. The largest absolute Gasteiger partial charge is 0.497 e. The standard InChI is InChI=1S/C28H24ClN5O2/c1-18-25-26(30-16-19-11-13-23(36-2)14-12-19)24(28(35)32-21-8-6-7-20(29)15-21)17-31-27(25)34(33-18)22-9-4-3-5-10-22/h3-15,17H,16H2,1-2H3,(H,30,31)(H,32,35). The number of rotatable bonds is 7. The molecule has 180 valence electrons. The Hall–Kier alpha value is -4.36. The molecule has 0 fully saturated rings. The van der Waals surface area contributed by atoms with Crippen molar-refractivity contribution in [2.75, 3.05) is 17.7 Å². The summed E-state index contributed by atoms with van der Waals surface area (Å²) < 4.78 is 7.06. The SMILES string of the molecule is COc1ccc(CNc2c(C(=O)Nc3cccc(Cl)c3)cnc3c2c(C)nn3-c2ccccc2)cc1. The number of aryl methyl sites for hydroxylation is 1. The van der Waals surface area contributed by atoms with Crippen LogP contribution >= 0.6 is 11.6 Å². The van der Waals surface area contributed by atoms with Gasteiger partial charge in [-0.3, -0.25) is 4.79 Å². The molecule has 2 heterocycles. The number of carbonyl (C=O) groups is 1. The van der Waals surface area contributed by atoms with Crippen molar-refractivity contribution in [1.82, 2.24) is 14.8 Å². The van der Waals surface area contributed by atoms with E-state index in [1.807, 2.05) is 61.5 Å². The van der Waals surface area contributed by atoms with Crippen LogP contribution in [0.1, 0.15) is 21.6 Å². The number of hydrogen-bond donors (Lipinski definition) is 2. The number of fused-ring (bicyclic) bond motifs is 1. The number of amides is 1. The highest BCUT2D eigenvalue weighted by Crippen LogP contribution is 2.31. The molecule has 0 aliphatic rings. The summed E-state index contributed by atoms with van der Waals surface area (Å²) in [5.74, 6) is 0.488. The van der Waals surface area contributed by atoms with Gasteiger partial charge in [0.1, 0.15) is 5.75 Å². The number of pyridine rings is 1. The molecule has 3 aromatic carbocycles. The van der Waals surface area contributed by atoms with Crippen molar-refractivity contribution in [2.24, 2.45) is 0 Å². The molecule has 0 unspecified atom stereocenters. The quantitative estimate of drug-likeness (QED) is 0.277. The molecule has 0 saturated carbocycles. The van der Waals surface area contributed by atoms with E-state index in [0.717, 1.165) is 28.1 Å². The van der Waals surface area contributed by atoms with Gasteiger partial charge in [-0.05, 0) is 55.0 Å². The predicted molar refractivity (Wildman–Crippen MR) is 143 cm³/mol. The van der Waals surface area contributed by atoms with Crippen molar-refractivity contribution in [3.8, 4) is 11.4 Å². The van der Waals surface area contributed by atoms with Gasteiger partial charge in [0.25, 0.3) is 5.91 Å². The van der Waals surface area contributed by atoms with Crippen LogP contribution in [0.15, 0.2) is 85.1 Å². The maximum absolute atomic E-state index is 13.4. The summed E-state index contributed by atoms with van der Waals surface area (Å²) in [6.07, 6.45) is 1.58. The fourth-order valence-electron chi connectivity index (χ4n) is 4.06. The van der Waals surface area contributed by atoms with Crippen molar-refractivity contribution in [2.45, 2.75) is 13.5 Å². The van der Waals surface area contributed by atoms with Crippen LogP contribution in [0.4, 0.5) is 11.4 Å². The zero-order valence-corrected chi connectivity index (χ0v) is 20.6. The van der Waals surface area contributed by atoms with E-state index in [1.165, 1.54) is 0 Å². The van der Waals surface area contributed by atoms with Gasteiger partial charge in [-0.15, -0.1) is 0 Å². The van der Waals surface area contributed by atoms with Gasteiger partial charge in [0.05, 0.1) is 35.1 Å². The number of para-hydroxylation sites is 1. The van der Waals surface area contributed by atoms with E-state index in [-0.39, 0.29) is 5.91 Å². The molecule has 0 aliphatic carbocycles. The van der Waals surface area contributed by atoms with Gasteiger partial charge < -0.3 is 15.4 Å². The molecule has 0 radical (unpaired) electrons. The lowest BCUT2D eigenvalue weighted by Crippen LogP contribution is -2.16. The molecule has 0 atom stereocenters. The fraction of sp³-hybridized carbons (Fsp3) is 0.107. The number of methoxy groups -OCH3 is 1. The maximum Gasteiger partial charge on any atom is 0.259 e. The summed E-state index contributed by atoms with van der Waals surface area (Å²) in [4.78, 5) is 18.0. The second kappa shape index (κ2) is 10.1. The van der Waals surface area contributed by atoms with Crippen molar-refractivity contribution < 1.29 is 9.53 Å². The number of anilines is 2. The van der Waals surface area contributed by atoms with Crippen molar-refractivity contribution in [3.63, 3.8) is 0 Å². The normalized spacial score (nSPS) is 10.9. The lowest BCUT2D eigenvalue weighted by atomic mass is 10.1. The summed E-state index contributed by atoms with van der Waals surface area (Å²) in [7, 11) is 1.64. The first-order chi connectivity index (χ1) is 17.5. The van der Waals surface area contributed by atoms with Crippen LogP contribution in [0.25, 0.3) is 16.7 Å². The molecule has 5 rings (SSSR count). The molecular weight excluding hydrogens is 474 g/mol. The average Bonchev–Trinajstić information content (AvgIpc) is 3.24. The van der Waals surface area contributed by atoms with Gasteiger partial charge in [-0.1, -0.05) is 48.0 Å². The first-order valence-corrected chi connectivity index (χ1v) is 11.8. The molecule has 2 aromatic heterocycles. The van der Waals surface area contributed by atoms with Crippen LogP contribution in [0.5, 0.6) is 5.75 Å². The van der Waals surface area contributed by atoms with E-state index in [9.17, 15) is 4.79 Å². The van der Waals surface area contributed by atoms with E-state index in [0.29, 0.717) is 34.2 Å². The molecular formula is C28H24ClN5O2. The lowest BCUT2D eigenvalue weighted by Gasteiger charge is -2.14. The summed E-state index contributed by atoms with van der Waals surface area (Å²) in [6.45, 7) is 2.41. The van der Waals surface area contributed by atoms with Gasteiger partial charge in [-0.2, -0.15) is 5.10 Å². The van der Waals surface area contributed by atoms with Crippen LogP contribution in [0.3, 0.4) is 0 Å². The third kappa shape index (κ3) is 4.74. The first kappa shape index (κ1) is 23.4. The summed E-state index contributed by atoms with van der Waals surface area (Å²) in [5.41, 5.74) is 5.02. The van der Waals surface area contributed by atoms with Crippen LogP contribution in [0.2, 0.25) is 5.02 Å². The third-order valence-electron chi connectivity index (χ3n) is 5.83. The third-order valence-corrected chi connectivity index (χ3v) is 6.06. The number of nitrogens with one attached hydrogen (secondary N) is 2. The minimum absolute atomic E-state index is 0.296. The highest BCUT2D eigenvalue weighted by molar-refractivity contribution is 6.31. The van der Waals surface area contributed by atoms with Gasteiger partial charge in [0, 0.05) is 23.5 Å². The van der Waals surface area contributed by atoms with Gasteiger partial charge in [-0.25, -0.2) is 9.67 Å². The number of halogens is 1. The number of benzene rings is 3. The Balaban J connectivity index is 1.58. The number of nitrogens with zero attached hydrogens (tertiary/aromatic N) is 3. The van der Waals surface area contributed by atoms with Gasteiger partial charge >= 0.3 is 0 Å². The Bertz CT molecular complexity index is 1530. The summed E-state index contributed by atoms with van der Waals surface area (Å²) >= 11 is 6.11. The van der Waals surface area contributed by atoms with Crippen molar-refractivity contribution >= 4 is 39.9 Å². The smallest absolute Gasteiger partial charge is 0.259 e. The second-order valence-corrected chi connectivity index (χ2v) is 8.68. The minimum atomic E-state index is -0.296. The zero-order chi connectivity index (χ0) is 25.1. The molecule has 0 aliphatic heterocycles. The monoisotopic (exact) mass is 497 g/mol. The molecule has 0 saturated heterocycles. The van der Waals surface area contributed by atoms with E-state index in [2.05, 4.69) is 15.6 Å². The zero-order valence-electron chi connectivity index (χ0n) is 19.8. The molecule has 5 aromatic rings. The van der Waals surface area contributed by atoms with Crippen LogP contribution in [-0.2, 0) is 6.54 Å². The first-order valence-electron chi connectivity index (χ1n) is 11.4. The lowest BCUT2D eigenvalue weighted by molar-refractivity contribution is 0.102. The Morgan fingerprint density at radius 3 is 2.53 bits per heavy atom. The molecule has 0 bridgehead atoms.